The third-order valence-electron chi connectivity index (χ3n) is 3.34. The minimum atomic E-state index is 0.245. The number of ether oxygens (including phenoxy) is 1. The fourth-order valence-corrected chi connectivity index (χ4v) is 2.49. The predicted octanol–water partition coefficient (Wildman–Crippen LogP) is 1.02. The zero-order chi connectivity index (χ0) is 12.5. The van der Waals surface area contributed by atoms with Gasteiger partial charge in [-0.05, 0) is 19.1 Å². The summed E-state index contributed by atoms with van der Waals surface area (Å²) in [5, 5.41) is 0. The molecule has 1 saturated heterocycles. The van der Waals surface area contributed by atoms with Crippen molar-refractivity contribution < 1.29 is 4.74 Å². The number of morpholine rings is 1. The van der Waals surface area contributed by atoms with Crippen LogP contribution in [0.15, 0.2) is 24.4 Å². The molecule has 3 rings (SSSR count). The van der Waals surface area contributed by atoms with Gasteiger partial charge in [-0.25, -0.2) is 4.98 Å². The van der Waals surface area contributed by atoms with Gasteiger partial charge in [0.1, 0.15) is 5.65 Å². The molecule has 1 aliphatic rings. The van der Waals surface area contributed by atoms with Crippen molar-refractivity contribution in [3.05, 3.63) is 30.1 Å². The van der Waals surface area contributed by atoms with E-state index in [1.165, 1.54) is 0 Å². The molecular formula is C13H18N4O. The van der Waals surface area contributed by atoms with E-state index in [9.17, 15) is 0 Å². The lowest BCUT2D eigenvalue weighted by Gasteiger charge is -2.31. The second-order valence-electron chi connectivity index (χ2n) is 4.64. The van der Waals surface area contributed by atoms with Crippen molar-refractivity contribution in [3.8, 4) is 0 Å². The van der Waals surface area contributed by atoms with Crippen molar-refractivity contribution in [1.29, 1.82) is 0 Å². The summed E-state index contributed by atoms with van der Waals surface area (Å²) in [7, 11) is 0. The molecule has 0 saturated carbocycles. The smallest absolute Gasteiger partial charge is 0.152 e. The predicted molar refractivity (Wildman–Crippen MR) is 70.7 cm³/mol. The summed E-state index contributed by atoms with van der Waals surface area (Å²) in [6, 6.07) is 6.00. The molecule has 0 spiro atoms. The number of rotatable bonds is 2. The number of nitrogens with two attached hydrogens (primary N) is 1. The summed E-state index contributed by atoms with van der Waals surface area (Å²) in [5.41, 5.74) is 7.90. The van der Waals surface area contributed by atoms with Gasteiger partial charge in [0.25, 0.3) is 0 Å². The lowest BCUT2D eigenvalue weighted by molar-refractivity contribution is 0.0529. The van der Waals surface area contributed by atoms with Crippen molar-refractivity contribution in [2.24, 2.45) is 5.73 Å². The molecule has 1 aliphatic heterocycles. The van der Waals surface area contributed by atoms with Crippen LogP contribution < -0.4 is 10.6 Å². The maximum atomic E-state index is 5.88. The number of aromatic nitrogens is 2. The summed E-state index contributed by atoms with van der Waals surface area (Å²) in [6.45, 7) is 5.08. The molecule has 0 radical (unpaired) electrons. The zero-order valence-electron chi connectivity index (χ0n) is 10.5. The van der Waals surface area contributed by atoms with Crippen LogP contribution in [0.25, 0.3) is 5.65 Å². The Hall–Kier alpha value is -1.59. The van der Waals surface area contributed by atoms with Crippen LogP contribution in [-0.2, 0) is 11.3 Å². The third kappa shape index (κ3) is 1.85. The van der Waals surface area contributed by atoms with Gasteiger partial charge in [0.15, 0.2) is 5.82 Å². The molecule has 0 bridgehead atoms. The molecule has 3 heterocycles. The molecule has 2 aromatic heterocycles. The molecule has 0 aromatic carbocycles. The van der Waals surface area contributed by atoms with Gasteiger partial charge in [-0.15, -0.1) is 0 Å². The van der Waals surface area contributed by atoms with Crippen molar-refractivity contribution in [3.63, 3.8) is 0 Å². The normalized spacial score (nSPS) is 20.6. The monoisotopic (exact) mass is 246 g/mol. The highest BCUT2D eigenvalue weighted by atomic mass is 16.5. The Morgan fingerprint density at radius 1 is 1.50 bits per heavy atom. The van der Waals surface area contributed by atoms with E-state index in [0.29, 0.717) is 6.54 Å². The van der Waals surface area contributed by atoms with E-state index in [0.717, 1.165) is 36.9 Å². The molecule has 0 aliphatic carbocycles. The van der Waals surface area contributed by atoms with Gasteiger partial charge in [0.2, 0.25) is 0 Å². The van der Waals surface area contributed by atoms with Gasteiger partial charge < -0.3 is 19.8 Å². The van der Waals surface area contributed by atoms with Crippen molar-refractivity contribution in [2.75, 3.05) is 24.6 Å². The second-order valence-corrected chi connectivity index (χ2v) is 4.64. The van der Waals surface area contributed by atoms with E-state index in [-0.39, 0.29) is 6.10 Å². The molecule has 18 heavy (non-hydrogen) atoms. The fourth-order valence-electron chi connectivity index (χ4n) is 2.49. The summed E-state index contributed by atoms with van der Waals surface area (Å²) in [5.74, 6) is 0.999. The van der Waals surface area contributed by atoms with E-state index >= 15 is 0 Å². The molecule has 0 amide bonds. The van der Waals surface area contributed by atoms with Gasteiger partial charge in [-0.2, -0.15) is 0 Å². The molecule has 1 unspecified atom stereocenters. The highest BCUT2D eigenvalue weighted by molar-refractivity contribution is 5.56. The van der Waals surface area contributed by atoms with Gasteiger partial charge >= 0.3 is 0 Å². The zero-order valence-corrected chi connectivity index (χ0v) is 10.5. The molecular weight excluding hydrogens is 228 g/mol. The molecule has 1 fully saturated rings. The Balaban J connectivity index is 2.05. The van der Waals surface area contributed by atoms with Crippen molar-refractivity contribution in [1.82, 2.24) is 9.38 Å². The van der Waals surface area contributed by atoms with Gasteiger partial charge in [-0.3, -0.25) is 0 Å². The first kappa shape index (κ1) is 11.5. The quantitative estimate of drug-likeness (QED) is 0.859. The first-order chi connectivity index (χ1) is 8.79. The maximum absolute atomic E-state index is 5.88. The highest BCUT2D eigenvalue weighted by Gasteiger charge is 2.22. The molecule has 5 nitrogen and oxygen atoms in total. The number of pyridine rings is 1. The van der Waals surface area contributed by atoms with Crippen molar-refractivity contribution in [2.45, 2.75) is 19.6 Å². The van der Waals surface area contributed by atoms with Crippen LogP contribution in [0.4, 0.5) is 5.82 Å². The molecule has 2 aromatic rings. The second kappa shape index (κ2) is 4.59. The van der Waals surface area contributed by atoms with Crippen molar-refractivity contribution >= 4 is 11.5 Å². The number of anilines is 1. The topological polar surface area (TPSA) is 55.8 Å². The van der Waals surface area contributed by atoms with E-state index in [1.54, 1.807) is 0 Å². The van der Waals surface area contributed by atoms with E-state index < -0.39 is 0 Å². The van der Waals surface area contributed by atoms with Crippen LogP contribution >= 0.6 is 0 Å². The Morgan fingerprint density at radius 3 is 3.17 bits per heavy atom. The molecule has 1 atom stereocenters. The standard InChI is InChI=1S/C13H18N4O/c1-10-9-16(6-7-18-10)13-11(8-14)17-5-3-2-4-12(17)15-13/h2-5,10H,6-9,14H2,1H3. The number of nitrogens with zero attached hydrogens (tertiary/aromatic N) is 3. The minimum absolute atomic E-state index is 0.245. The van der Waals surface area contributed by atoms with Gasteiger partial charge in [0, 0.05) is 25.8 Å². The number of hydrogen-bond donors (Lipinski definition) is 1. The van der Waals surface area contributed by atoms with Crippen LogP contribution in [0.2, 0.25) is 0 Å². The van der Waals surface area contributed by atoms with Crippen LogP contribution in [-0.4, -0.2) is 35.2 Å². The molecule has 5 heteroatoms. The number of fused-ring (bicyclic) bond motifs is 1. The summed E-state index contributed by atoms with van der Waals surface area (Å²) in [4.78, 5) is 6.96. The Bertz CT molecular complexity index is 551. The van der Waals surface area contributed by atoms with E-state index in [1.807, 2.05) is 24.4 Å². The largest absolute Gasteiger partial charge is 0.375 e. The number of hydrogen-bond acceptors (Lipinski definition) is 4. The summed E-state index contributed by atoms with van der Waals surface area (Å²) in [6.07, 6.45) is 2.26. The lowest BCUT2D eigenvalue weighted by atomic mass is 10.3. The Kier molecular flexibility index (Phi) is 2.93. The van der Waals surface area contributed by atoms with Crippen LogP contribution in [0.1, 0.15) is 12.6 Å². The van der Waals surface area contributed by atoms with Crippen LogP contribution in [0.3, 0.4) is 0 Å². The summed E-state index contributed by atoms with van der Waals surface area (Å²) >= 11 is 0. The van der Waals surface area contributed by atoms with Gasteiger partial charge in [-0.1, -0.05) is 6.07 Å². The molecule has 2 N–H and O–H groups in total. The average molecular weight is 246 g/mol. The Morgan fingerprint density at radius 2 is 2.39 bits per heavy atom. The first-order valence-electron chi connectivity index (χ1n) is 6.32. The first-order valence-corrected chi connectivity index (χ1v) is 6.32. The fraction of sp³-hybridized carbons (Fsp3) is 0.462. The molecule has 96 valence electrons. The highest BCUT2D eigenvalue weighted by Crippen LogP contribution is 2.23. The van der Waals surface area contributed by atoms with Gasteiger partial charge in [0.05, 0.1) is 18.4 Å². The van der Waals surface area contributed by atoms with E-state index in [2.05, 4.69) is 16.2 Å². The van der Waals surface area contributed by atoms with Crippen LogP contribution in [0, 0.1) is 0 Å². The lowest BCUT2D eigenvalue weighted by Crippen LogP contribution is -2.41. The average Bonchev–Trinajstić information content (AvgIpc) is 2.77. The Labute approximate surface area is 106 Å². The third-order valence-corrected chi connectivity index (χ3v) is 3.34. The SMILES string of the molecule is CC1CN(c2nc3ccccn3c2CN)CCO1. The van der Waals surface area contributed by atoms with E-state index in [4.69, 9.17) is 15.5 Å². The van der Waals surface area contributed by atoms with Crippen LogP contribution in [0.5, 0.6) is 0 Å². The minimum Gasteiger partial charge on any atom is -0.375 e. The number of imidazole rings is 1. The summed E-state index contributed by atoms with van der Waals surface area (Å²) < 4.78 is 7.63. The maximum Gasteiger partial charge on any atom is 0.152 e.